The van der Waals surface area contributed by atoms with Crippen LogP contribution in [0.15, 0.2) is 11.1 Å². The second-order valence-corrected chi connectivity index (χ2v) is 6.89. The van der Waals surface area contributed by atoms with E-state index in [9.17, 15) is 14.7 Å². The largest absolute Gasteiger partial charge is 0.507 e. The first kappa shape index (κ1) is 18.3. The van der Waals surface area contributed by atoms with Crippen LogP contribution in [0.4, 0.5) is 0 Å². The van der Waals surface area contributed by atoms with Crippen LogP contribution in [-0.4, -0.2) is 31.3 Å². The highest BCUT2D eigenvalue weighted by molar-refractivity contribution is 5.98. The van der Waals surface area contributed by atoms with Crippen molar-refractivity contribution in [1.82, 2.24) is 0 Å². The SMILES string of the molecule is COC(=O)CC1CCC(Cc2c(O)c3c(c(C)c2OC)COC3=O)=C1C. The fourth-order valence-corrected chi connectivity index (χ4v) is 4.03. The molecule has 0 saturated carbocycles. The molecule has 1 atom stereocenters. The molecule has 0 aromatic heterocycles. The molecule has 2 aliphatic rings. The molecule has 1 N–H and O–H groups in total. The molecule has 1 aromatic rings. The molecule has 0 spiro atoms. The molecular formula is C20H24O6. The number of phenols is 1. The monoisotopic (exact) mass is 360 g/mol. The lowest BCUT2D eigenvalue weighted by Gasteiger charge is -2.17. The summed E-state index contributed by atoms with van der Waals surface area (Å²) in [5, 5.41) is 10.7. The maximum atomic E-state index is 12.0. The summed E-state index contributed by atoms with van der Waals surface area (Å²) in [6, 6.07) is 0. The molecule has 0 fully saturated rings. The van der Waals surface area contributed by atoms with Crippen molar-refractivity contribution < 1.29 is 28.9 Å². The van der Waals surface area contributed by atoms with Gasteiger partial charge in [0.15, 0.2) is 0 Å². The topological polar surface area (TPSA) is 82.1 Å². The fourth-order valence-electron chi connectivity index (χ4n) is 4.03. The highest BCUT2D eigenvalue weighted by Gasteiger charge is 2.33. The zero-order valence-corrected chi connectivity index (χ0v) is 15.6. The lowest BCUT2D eigenvalue weighted by atomic mass is 9.92. The van der Waals surface area contributed by atoms with Gasteiger partial charge in [-0.05, 0) is 38.2 Å². The smallest absolute Gasteiger partial charge is 0.342 e. The highest BCUT2D eigenvalue weighted by atomic mass is 16.5. The first-order valence-electron chi connectivity index (χ1n) is 8.72. The first-order chi connectivity index (χ1) is 12.4. The molecule has 6 heteroatoms. The van der Waals surface area contributed by atoms with Gasteiger partial charge in [-0.3, -0.25) is 4.79 Å². The zero-order valence-electron chi connectivity index (χ0n) is 15.6. The molecule has 3 rings (SSSR count). The standard InChI is InChI=1S/C20H24O6/c1-10-12(5-6-13(10)8-16(21)24-3)7-14-18(22)17-15(9-26-20(17)23)11(2)19(14)25-4/h13,22H,5-9H2,1-4H3. The average molecular weight is 360 g/mol. The molecule has 26 heavy (non-hydrogen) atoms. The molecule has 1 aromatic carbocycles. The minimum Gasteiger partial charge on any atom is -0.507 e. The van der Waals surface area contributed by atoms with E-state index in [1.165, 1.54) is 12.7 Å². The Hall–Kier alpha value is -2.50. The number of phenolic OH excluding ortho intramolecular Hbond substituents is 1. The number of rotatable bonds is 5. The van der Waals surface area contributed by atoms with E-state index in [4.69, 9.17) is 14.2 Å². The quantitative estimate of drug-likeness (QED) is 0.641. The van der Waals surface area contributed by atoms with Crippen LogP contribution in [0.5, 0.6) is 11.5 Å². The molecule has 0 bridgehead atoms. The summed E-state index contributed by atoms with van der Waals surface area (Å²) < 4.78 is 15.4. The molecule has 1 unspecified atom stereocenters. The highest BCUT2D eigenvalue weighted by Crippen LogP contribution is 2.45. The van der Waals surface area contributed by atoms with Crippen molar-refractivity contribution in [3.63, 3.8) is 0 Å². The Balaban J connectivity index is 1.98. The summed E-state index contributed by atoms with van der Waals surface area (Å²) in [5.74, 6) is -0.0126. The van der Waals surface area contributed by atoms with Gasteiger partial charge in [0.25, 0.3) is 0 Å². The lowest BCUT2D eigenvalue weighted by molar-refractivity contribution is -0.141. The van der Waals surface area contributed by atoms with Crippen LogP contribution in [0.25, 0.3) is 0 Å². The van der Waals surface area contributed by atoms with Gasteiger partial charge in [0, 0.05) is 17.5 Å². The van der Waals surface area contributed by atoms with Crippen LogP contribution in [0.3, 0.4) is 0 Å². The van der Waals surface area contributed by atoms with E-state index >= 15 is 0 Å². The van der Waals surface area contributed by atoms with Gasteiger partial charge in [-0.1, -0.05) is 11.1 Å². The number of methoxy groups -OCH3 is 2. The number of cyclic esters (lactones) is 1. The summed E-state index contributed by atoms with van der Waals surface area (Å²) in [5.41, 5.74) is 4.68. The minimum atomic E-state index is -0.495. The van der Waals surface area contributed by atoms with E-state index in [2.05, 4.69) is 0 Å². The maximum absolute atomic E-state index is 12.0. The molecule has 140 valence electrons. The van der Waals surface area contributed by atoms with E-state index in [-0.39, 0.29) is 29.8 Å². The predicted octanol–water partition coefficient (Wildman–Crippen LogP) is 3.21. The Kier molecular flexibility index (Phi) is 4.94. The minimum absolute atomic E-state index is 0.0540. The van der Waals surface area contributed by atoms with E-state index < -0.39 is 5.97 Å². The number of aromatic hydroxyl groups is 1. The Morgan fingerprint density at radius 2 is 2.04 bits per heavy atom. The van der Waals surface area contributed by atoms with E-state index in [1.54, 1.807) is 7.11 Å². The second-order valence-electron chi connectivity index (χ2n) is 6.89. The van der Waals surface area contributed by atoms with Crippen molar-refractivity contribution in [3.05, 3.63) is 33.4 Å². The first-order valence-corrected chi connectivity index (χ1v) is 8.72. The van der Waals surface area contributed by atoms with Crippen LogP contribution in [0, 0.1) is 12.8 Å². The van der Waals surface area contributed by atoms with E-state index in [0.717, 1.165) is 24.0 Å². The van der Waals surface area contributed by atoms with Crippen molar-refractivity contribution >= 4 is 11.9 Å². The van der Waals surface area contributed by atoms with Crippen LogP contribution in [0.1, 0.15) is 53.2 Å². The summed E-state index contributed by atoms with van der Waals surface area (Å²) in [6.07, 6.45) is 2.58. The third kappa shape index (κ3) is 2.93. The molecule has 0 saturated heterocycles. The summed E-state index contributed by atoms with van der Waals surface area (Å²) >= 11 is 0. The van der Waals surface area contributed by atoms with Crippen molar-refractivity contribution in [3.8, 4) is 11.5 Å². The molecule has 0 radical (unpaired) electrons. The fraction of sp³-hybridized carbons (Fsp3) is 0.500. The number of ether oxygens (including phenoxy) is 3. The van der Waals surface area contributed by atoms with Crippen LogP contribution in [0.2, 0.25) is 0 Å². The van der Waals surface area contributed by atoms with Crippen LogP contribution < -0.4 is 4.74 Å². The van der Waals surface area contributed by atoms with Gasteiger partial charge in [-0.2, -0.15) is 0 Å². The van der Waals surface area contributed by atoms with Crippen molar-refractivity contribution in [1.29, 1.82) is 0 Å². The van der Waals surface area contributed by atoms with Crippen molar-refractivity contribution in [2.75, 3.05) is 14.2 Å². The third-order valence-corrected chi connectivity index (χ3v) is 5.64. The molecule has 0 amide bonds. The summed E-state index contributed by atoms with van der Waals surface area (Å²) in [7, 11) is 2.96. The second kappa shape index (κ2) is 7.02. The lowest BCUT2D eigenvalue weighted by Crippen LogP contribution is -2.08. The van der Waals surface area contributed by atoms with Gasteiger partial charge >= 0.3 is 11.9 Å². The summed E-state index contributed by atoms with van der Waals surface area (Å²) in [4.78, 5) is 23.6. The maximum Gasteiger partial charge on any atom is 0.342 e. The Morgan fingerprint density at radius 3 is 2.69 bits per heavy atom. The number of fused-ring (bicyclic) bond motifs is 1. The Labute approximate surface area is 152 Å². The number of carbonyl (C=O) groups is 2. The Bertz CT molecular complexity index is 805. The van der Waals surface area contributed by atoms with Gasteiger partial charge in [0.05, 0.1) is 20.6 Å². The average Bonchev–Trinajstić information content (AvgIpc) is 3.17. The van der Waals surface area contributed by atoms with E-state index in [1.807, 2.05) is 13.8 Å². The molecule has 1 aliphatic heterocycles. The number of benzene rings is 1. The normalized spacial score (nSPS) is 18.8. The number of hydrogen-bond donors (Lipinski definition) is 1. The van der Waals surface area contributed by atoms with Crippen LogP contribution >= 0.6 is 0 Å². The third-order valence-electron chi connectivity index (χ3n) is 5.64. The van der Waals surface area contributed by atoms with E-state index in [0.29, 0.717) is 29.7 Å². The van der Waals surface area contributed by atoms with Gasteiger partial charge in [-0.15, -0.1) is 0 Å². The molecule has 1 heterocycles. The molecule has 6 nitrogen and oxygen atoms in total. The summed E-state index contributed by atoms with van der Waals surface area (Å²) in [6.45, 7) is 4.06. The van der Waals surface area contributed by atoms with Gasteiger partial charge in [0.1, 0.15) is 23.7 Å². The number of hydrogen-bond acceptors (Lipinski definition) is 6. The van der Waals surface area contributed by atoms with Crippen molar-refractivity contribution in [2.45, 2.75) is 46.1 Å². The van der Waals surface area contributed by atoms with Gasteiger partial charge < -0.3 is 19.3 Å². The number of carbonyl (C=O) groups excluding carboxylic acids is 2. The Morgan fingerprint density at radius 1 is 1.31 bits per heavy atom. The number of esters is 2. The van der Waals surface area contributed by atoms with Crippen molar-refractivity contribution in [2.24, 2.45) is 5.92 Å². The van der Waals surface area contributed by atoms with Crippen LogP contribution in [-0.2, 0) is 27.3 Å². The number of allylic oxidation sites excluding steroid dienone is 2. The van der Waals surface area contributed by atoms with Gasteiger partial charge in [0.2, 0.25) is 0 Å². The molecule has 1 aliphatic carbocycles. The molecular weight excluding hydrogens is 336 g/mol. The zero-order chi connectivity index (χ0) is 19.0. The van der Waals surface area contributed by atoms with Gasteiger partial charge in [-0.25, -0.2) is 4.79 Å². The predicted molar refractivity (Wildman–Crippen MR) is 94.3 cm³/mol.